The van der Waals surface area contributed by atoms with Crippen LogP contribution >= 0.6 is 0 Å². The van der Waals surface area contributed by atoms with Gasteiger partial charge in [-0.3, -0.25) is 0 Å². The molecule has 2 N–H and O–H groups in total. The lowest BCUT2D eigenvalue weighted by Gasteiger charge is -2.14. The summed E-state index contributed by atoms with van der Waals surface area (Å²) in [6.07, 6.45) is 0.586. The van der Waals surface area contributed by atoms with Crippen LogP contribution in [0.4, 0.5) is 0 Å². The number of hydrogen-bond acceptors (Lipinski definition) is 2. The molecular formula is C12H19NO. The maximum absolute atomic E-state index is 9.10. The van der Waals surface area contributed by atoms with Gasteiger partial charge < -0.3 is 10.4 Å². The van der Waals surface area contributed by atoms with Crippen molar-refractivity contribution in [2.75, 3.05) is 6.54 Å². The number of hydrogen-bond donors (Lipinski definition) is 2. The molecule has 2 atom stereocenters. The molecule has 0 aliphatic heterocycles. The summed E-state index contributed by atoms with van der Waals surface area (Å²) in [4.78, 5) is 0. The minimum absolute atomic E-state index is 0.217. The predicted molar refractivity (Wildman–Crippen MR) is 59.2 cm³/mol. The number of aliphatic hydroxyl groups excluding tert-OH is 1. The molecule has 0 aromatic heterocycles. The van der Waals surface area contributed by atoms with Crippen LogP contribution in [-0.2, 0) is 0 Å². The van der Waals surface area contributed by atoms with E-state index < -0.39 is 0 Å². The molecule has 1 rings (SSSR count). The second-order valence-corrected chi connectivity index (χ2v) is 3.72. The number of benzene rings is 1. The summed E-state index contributed by atoms with van der Waals surface area (Å²) in [7, 11) is 0. The molecule has 0 aliphatic rings. The average molecular weight is 193 g/mol. The van der Waals surface area contributed by atoms with Crippen molar-refractivity contribution < 1.29 is 5.11 Å². The largest absolute Gasteiger partial charge is 0.393 e. The van der Waals surface area contributed by atoms with E-state index in [2.05, 4.69) is 24.4 Å². The van der Waals surface area contributed by atoms with Crippen LogP contribution < -0.4 is 5.32 Å². The van der Waals surface area contributed by atoms with Crippen LogP contribution in [0.5, 0.6) is 0 Å². The summed E-state index contributed by atoms with van der Waals surface area (Å²) >= 11 is 0. The zero-order valence-electron chi connectivity index (χ0n) is 8.90. The van der Waals surface area contributed by atoms with E-state index in [1.165, 1.54) is 5.56 Å². The number of nitrogens with one attached hydrogen (secondary N) is 1. The predicted octanol–water partition coefficient (Wildman–Crippen LogP) is 2.11. The molecule has 78 valence electrons. The van der Waals surface area contributed by atoms with Crippen LogP contribution in [0, 0.1) is 0 Å². The lowest BCUT2D eigenvalue weighted by Crippen LogP contribution is -2.22. The van der Waals surface area contributed by atoms with E-state index in [1.54, 1.807) is 0 Å². The second kappa shape index (κ2) is 5.78. The van der Waals surface area contributed by atoms with Crippen molar-refractivity contribution in [2.24, 2.45) is 0 Å². The molecule has 0 spiro atoms. The quantitative estimate of drug-likeness (QED) is 0.750. The first-order valence-corrected chi connectivity index (χ1v) is 5.16. The molecule has 0 heterocycles. The monoisotopic (exact) mass is 193 g/mol. The number of rotatable bonds is 5. The minimum atomic E-state index is -0.217. The molecule has 0 saturated heterocycles. The minimum Gasteiger partial charge on any atom is -0.393 e. The van der Waals surface area contributed by atoms with Crippen molar-refractivity contribution in [2.45, 2.75) is 32.4 Å². The summed E-state index contributed by atoms with van der Waals surface area (Å²) < 4.78 is 0. The van der Waals surface area contributed by atoms with Crippen molar-refractivity contribution in [3.63, 3.8) is 0 Å². The van der Waals surface area contributed by atoms with Gasteiger partial charge in [0.05, 0.1) is 6.10 Å². The zero-order valence-corrected chi connectivity index (χ0v) is 8.90. The van der Waals surface area contributed by atoms with Crippen LogP contribution in [0.2, 0.25) is 0 Å². The summed E-state index contributed by atoms with van der Waals surface area (Å²) in [5.41, 5.74) is 1.29. The van der Waals surface area contributed by atoms with Gasteiger partial charge in [0.1, 0.15) is 0 Å². The summed E-state index contributed by atoms with van der Waals surface area (Å²) in [5.74, 6) is 0. The van der Waals surface area contributed by atoms with E-state index in [1.807, 2.05) is 25.1 Å². The fraction of sp³-hybridized carbons (Fsp3) is 0.500. The lowest BCUT2D eigenvalue weighted by molar-refractivity contribution is 0.182. The van der Waals surface area contributed by atoms with Crippen LogP contribution in [0.15, 0.2) is 30.3 Å². The fourth-order valence-corrected chi connectivity index (χ4v) is 1.37. The maximum Gasteiger partial charge on any atom is 0.0524 e. The Labute approximate surface area is 86.0 Å². The van der Waals surface area contributed by atoms with Crippen molar-refractivity contribution in [1.29, 1.82) is 0 Å². The molecule has 0 amide bonds. The normalized spacial score (nSPS) is 15.1. The summed E-state index contributed by atoms with van der Waals surface area (Å²) in [6.45, 7) is 4.81. The van der Waals surface area contributed by atoms with Gasteiger partial charge in [-0.1, -0.05) is 30.3 Å². The Hall–Kier alpha value is -0.860. The van der Waals surface area contributed by atoms with Gasteiger partial charge in [0.25, 0.3) is 0 Å². The number of aliphatic hydroxyl groups is 1. The Morgan fingerprint density at radius 1 is 1.21 bits per heavy atom. The third-order valence-electron chi connectivity index (χ3n) is 2.31. The summed E-state index contributed by atoms with van der Waals surface area (Å²) in [6, 6.07) is 10.7. The van der Waals surface area contributed by atoms with Crippen LogP contribution in [0.25, 0.3) is 0 Å². The van der Waals surface area contributed by atoms with Crippen LogP contribution in [-0.4, -0.2) is 17.8 Å². The molecule has 0 bridgehead atoms. The molecule has 1 aromatic carbocycles. The molecule has 1 aromatic rings. The van der Waals surface area contributed by atoms with Gasteiger partial charge in [-0.2, -0.15) is 0 Å². The van der Waals surface area contributed by atoms with E-state index in [0.29, 0.717) is 6.04 Å². The van der Waals surface area contributed by atoms with E-state index in [-0.39, 0.29) is 6.10 Å². The van der Waals surface area contributed by atoms with Gasteiger partial charge in [-0.25, -0.2) is 0 Å². The Bertz CT molecular complexity index is 246. The third kappa shape index (κ3) is 3.90. The highest BCUT2D eigenvalue weighted by Crippen LogP contribution is 2.10. The molecule has 2 heteroatoms. The second-order valence-electron chi connectivity index (χ2n) is 3.72. The highest BCUT2D eigenvalue weighted by molar-refractivity contribution is 5.17. The van der Waals surface area contributed by atoms with Crippen LogP contribution in [0.1, 0.15) is 31.9 Å². The van der Waals surface area contributed by atoms with E-state index in [4.69, 9.17) is 5.11 Å². The summed E-state index contributed by atoms with van der Waals surface area (Å²) in [5, 5.41) is 12.5. The first kappa shape index (κ1) is 11.2. The van der Waals surface area contributed by atoms with Gasteiger partial charge in [-0.15, -0.1) is 0 Å². The first-order valence-electron chi connectivity index (χ1n) is 5.16. The topological polar surface area (TPSA) is 32.3 Å². The molecular weight excluding hydrogens is 174 g/mol. The molecule has 0 fully saturated rings. The van der Waals surface area contributed by atoms with Gasteiger partial charge in [-0.05, 0) is 32.4 Å². The zero-order chi connectivity index (χ0) is 10.4. The Morgan fingerprint density at radius 2 is 1.86 bits per heavy atom. The van der Waals surface area contributed by atoms with E-state index in [0.717, 1.165) is 13.0 Å². The highest BCUT2D eigenvalue weighted by atomic mass is 16.3. The highest BCUT2D eigenvalue weighted by Gasteiger charge is 2.03. The SMILES string of the molecule is C[C@H](O)CCN[C@H](C)c1ccccc1. The Kier molecular flexibility index (Phi) is 4.63. The molecule has 0 unspecified atom stereocenters. The standard InChI is InChI=1S/C12H19NO/c1-10(14)8-9-13-11(2)12-6-4-3-5-7-12/h3-7,10-11,13-14H,8-9H2,1-2H3/t10-,11+/m0/s1. The van der Waals surface area contributed by atoms with Crippen molar-refractivity contribution in [3.8, 4) is 0 Å². The van der Waals surface area contributed by atoms with Crippen LogP contribution in [0.3, 0.4) is 0 Å². The van der Waals surface area contributed by atoms with E-state index in [9.17, 15) is 0 Å². The lowest BCUT2D eigenvalue weighted by atomic mass is 10.1. The van der Waals surface area contributed by atoms with E-state index >= 15 is 0 Å². The van der Waals surface area contributed by atoms with Gasteiger partial charge in [0, 0.05) is 6.04 Å². The van der Waals surface area contributed by atoms with Crippen molar-refractivity contribution in [1.82, 2.24) is 5.32 Å². The van der Waals surface area contributed by atoms with Gasteiger partial charge in [0.2, 0.25) is 0 Å². The third-order valence-corrected chi connectivity index (χ3v) is 2.31. The van der Waals surface area contributed by atoms with Gasteiger partial charge >= 0.3 is 0 Å². The van der Waals surface area contributed by atoms with Crippen molar-refractivity contribution in [3.05, 3.63) is 35.9 Å². The molecule has 2 nitrogen and oxygen atoms in total. The smallest absolute Gasteiger partial charge is 0.0524 e. The molecule has 0 saturated carbocycles. The molecule has 0 aliphatic carbocycles. The molecule has 14 heavy (non-hydrogen) atoms. The molecule has 0 radical (unpaired) electrons. The van der Waals surface area contributed by atoms with Crippen molar-refractivity contribution >= 4 is 0 Å². The Morgan fingerprint density at radius 3 is 2.43 bits per heavy atom. The Balaban J connectivity index is 2.32. The van der Waals surface area contributed by atoms with Gasteiger partial charge in [0.15, 0.2) is 0 Å². The average Bonchev–Trinajstić information content (AvgIpc) is 2.18. The first-order chi connectivity index (χ1) is 6.70. The fourth-order valence-electron chi connectivity index (χ4n) is 1.37. The maximum atomic E-state index is 9.10.